The fourth-order valence-electron chi connectivity index (χ4n) is 2.44. The van der Waals surface area contributed by atoms with Crippen molar-refractivity contribution in [1.82, 2.24) is 4.98 Å². The van der Waals surface area contributed by atoms with E-state index in [4.69, 9.17) is 4.42 Å². The second-order valence-electron chi connectivity index (χ2n) is 4.59. The zero-order valence-corrected chi connectivity index (χ0v) is 10.3. The topological polar surface area (TPSA) is 63.3 Å². The van der Waals surface area contributed by atoms with Crippen LogP contribution in [0.5, 0.6) is 0 Å². The second kappa shape index (κ2) is 3.81. The summed E-state index contributed by atoms with van der Waals surface area (Å²) in [5, 5.41) is 10.2. The third-order valence-corrected chi connectivity index (χ3v) is 3.40. The molecule has 0 fully saturated rings. The number of para-hydroxylation sites is 2. The Hall–Kier alpha value is -2.88. The minimum Gasteiger partial charge on any atom is -0.506 e. The van der Waals surface area contributed by atoms with E-state index in [2.05, 4.69) is 4.98 Å². The summed E-state index contributed by atoms with van der Waals surface area (Å²) in [6.07, 6.45) is 0. The van der Waals surface area contributed by atoms with Gasteiger partial charge in [-0.1, -0.05) is 36.4 Å². The predicted octanol–water partition coefficient (Wildman–Crippen LogP) is 3.45. The number of nitrogens with zero attached hydrogens (tertiary/aromatic N) is 1. The molecule has 0 atom stereocenters. The first kappa shape index (κ1) is 11.0. The quantitative estimate of drug-likeness (QED) is 0.730. The molecule has 0 amide bonds. The van der Waals surface area contributed by atoms with Crippen LogP contribution in [0.2, 0.25) is 0 Å². The molecule has 1 heterocycles. The summed E-state index contributed by atoms with van der Waals surface area (Å²) in [7, 11) is 0. The Morgan fingerprint density at radius 3 is 2.40 bits per heavy atom. The number of Topliss-reactive ketones (excluding diaryl/α,β-unsaturated/α-hetero) is 1. The van der Waals surface area contributed by atoms with Gasteiger partial charge in [0.25, 0.3) is 0 Å². The number of aliphatic hydroxyl groups excluding tert-OH is 1. The van der Waals surface area contributed by atoms with Crippen LogP contribution in [0.1, 0.15) is 21.8 Å². The van der Waals surface area contributed by atoms with Crippen molar-refractivity contribution in [3.05, 3.63) is 65.5 Å². The number of ketones is 1. The van der Waals surface area contributed by atoms with Crippen molar-refractivity contribution >= 4 is 28.2 Å². The fraction of sp³-hybridized carbons (Fsp3) is 0. The van der Waals surface area contributed by atoms with Crippen LogP contribution in [-0.2, 0) is 0 Å². The summed E-state index contributed by atoms with van der Waals surface area (Å²) in [6, 6.07) is 14.2. The van der Waals surface area contributed by atoms with Gasteiger partial charge >= 0.3 is 0 Å². The van der Waals surface area contributed by atoms with Gasteiger partial charge in [-0.2, -0.15) is 0 Å². The van der Waals surface area contributed by atoms with Crippen LogP contribution in [0.3, 0.4) is 0 Å². The average molecular weight is 263 g/mol. The Bertz CT molecular complexity index is 856. The van der Waals surface area contributed by atoms with Crippen LogP contribution in [0, 0.1) is 0 Å². The molecule has 0 saturated heterocycles. The smallest absolute Gasteiger partial charge is 0.235 e. The van der Waals surface area contributed by atoms with Crippen molar-refractivity contribution in [1.29, 1.82) is 0 Å². The number of carbonyl (C=O) groups is 1. The number of allylic oxidation sites excluding steroid dienone is 1. The highest BCUT2D eigenvalue weighted by atomic mass is 16.4. The van der Waals surface area contributed by atoms with Gasteiger partial charge in [0.2, 0.25) is 11.7 Å². The molecular weight excluding hydrogens is 254 g/mol. The highest BCUT2D eigenvalue weighted by molar-refractivity contribution is 6.38. The summed E-state index contributed by atoms with van der Waals surface area (Å²) in [5.74, 6) is -0.174. The lowest BCUT2D eigenvalue weighted by Crippen LogP contribution is -1.98. The highest BCUT2D eigenvalue weighted by Gasteiger charge is 2.33. The number of hydrogen-bond acceptors (Lipinski definition) is 4. The molecule has 4 rings (SSSR count). The molecule has 1 aliphatic carbocycles. The van der Waals surface area contributed by atoms with Crippen LogP contribution in [0.15, 0.2) is 52.9 Å². The van der Waals surface area contributed by atoms with Gasteiger partial charge in [0.1, 0.15) is 16.8 Å². The molecule has 96 valence electrons. The molecule has 0 radical (unpaired) electrons. The standard InChI is InChI=1S/C16H9NO3/c18-14-9-5-1-2-6-10(9)15(19)13(14)16-17-11-7-3-4-8-12(11)20-16/h1-8,18H. The largest absolute Gasteiger partial charge is 0.506 e. The molecule has 0 spiro atoms. The van der Waals surface area contributed by atoms with E-state index < -0.39 is 0 Å². The Kier molecular flexibility index (Phi) is 2.09. The van der Waals surface area contributed by atoms with Crippen molar-refractivity contribution in [3.63, 3.8) is 0 Å². The maximum atomic E-state index is 12.4. The predicted molar refractivity (Wildman–Crippen MR) is 74.2 cm³/mol. The molecule has 0 unspecified atom stereocenters. The summed E-state index contributed by atoms with van der Waals surface area (Å²) in [5.41, 5.74) is 2.37. The van der Waals surface area contributed by atoms with Gasteiger partial charge in [-0.3, -0.25) is 4.79 Å². The van der Waals surface area contributed by atoms with E-state index in [1.54, 1.807) is 36.4 Å². The number of hydrogen-bond donors (Lipinski definition) is 1. The van der Waals surface area contributed by atoms with E-state index in [9.17, 15) is 9.90 Å². The van der Waals surface area contributed by atoms with Crippen molar-refractivity contribution in [2.75, 3.05) is 0 Å². The summed E-state index contributed by atoms with van der Waals surface area (Å²) in [4.78, 5) is 16.6. The van der Waals surface area contributed by atoms with E-state index in [1.165, 1.54) is 0 Å². The van der Waals surface area contributed by atoms with Crippen molar-refractivity contribution in [3.8, 4) is 0 Å². The van der Waals surface area contributed by atoms with Crippen molar-refractivity contribution < 1.29 is 14.3 Å². The van der Waals surface area contributed by atoms with E-state index in [0.29, 0.717) is 22.2 Å². The van der Waals surface area contributed by atoms with Crippen LogP contribution in [0.4, 0.5) is 0 Å². The number of rotatable bonds is 1. The number of carbonyl (C=O) groups excluding carboxylic acids is 1. The summed E-state index contributed by atoms with van der Waals surface area (Å²) in [6.45, 7) is 0. The van der Waals surface area contributed by atoms with Gasteiger partial charge in [0, 0.05) is 11.1 Å². The number of oxazole rings is 1. The van der Waals surface area contributed by atoms with Gasteiger partial charge in [-0.15, -0.1) is 0 Å². The lowest BCUT2D eigenvalue weighted by atomic mass is 10.1. The summed E-state index contributed by atoms with van der Waals surface area (Å²) >= 11 is 0. The van der Waals surface area contributed by atoms with Crippen LogP contribution < -0.4 is 0 Å². The molecule has 4 nitrogen and oxygen atoms in total. The van der Waals surface area contributed by atoms with Crippen molar-refractivity contribution in [2.45, 2.75) is 0 Å². The average Bonchev–Trinajstić information content (AvgIpc) is 3.00. The molecule has 1 N–H and O–H groups in total. The van der Waals surface area contributed by atoms with E-state index in [0.717, 1.165) is 0 Å². The van der Waals surface area contributed by atoms with Crippen LogP contribution in [-0.4, -0.2) is 15.9 Å². The highest BCUT2D eigenvalue weighted by Crippen LogP contribution is 2.37. The first-order chi connectivity index (χ1) is 9.75. The third kappa shape index (κ3) is 1.36. The molecule has 3 aromatic rings. The molecule has 0 saturated carbocycles. The number of aromatic nitrogens is 1. The molecule has 0 aliphatic heterocycles. The van der Waals surface area contributed by atoms with Gasteiger partial charge in [-0.25, -0.2) is 4.98 Å². The zero-order chi connectivity index (χ0) is 13.7. The fourth-order valence-corrected chi connectivity index (χ4v) is 2.44. The number of benzene rings is 2. The lowest BCUT2D eigenvalue weighted by molar-refractivity contribution is 0.105. The maximum Gasteiger partial charge on any atom is 0.235 e. The monoisotopic (exact) mass is 263 g/mol. The molecule has 0 bridgehead atoms. The second-order valence-corrected chi connectivity index (χ2v) is 4.59. The van der Waals surface area contributed by atoms with Crippen molar-refractivity contribution in [2.24, 2.45) is 0 Å². The first-order valence-electron chi connectivity index (χ1n) is 6.19. The SMILES string of the molecule is O=C1C(c2nc3ccccc3o2)=C(O)c2ccccc21. The van der Waals surface area contributed by atoms with Gasteiger partial charge in [-0.05, 0) is 12.1 Å². The van der Waals surface area contributed by atoms with E-state index >= 15 is 0 Å². The van der Waals surface area contributed by atoms with E-state index in [1.807, 2.05) is 12.1 Å². The Morgan fingerprint density at radius 2 is 1.65 bits per heavy atom. The Balaban J connectivity index is 1.95. The first-order valence-corrected chi connectivity index (χ1v) is 6.19. The van der Waals surface area contributed by atoms with Crippen LogP contribution >= 0.6 is 0 Å². The normalized spacial score (nSPS) is 14.1. The van der Waals surface area contributed by atoms with Gasteiger partial charge < -0.3 is 9.52 Å². The lowest BCUT2D eigenvalue weighted by Gasteiger charge is -1.95. The molecule has 1 aromatic heterocycles. The molecule has 4 heteroatoms. The number of fused-ring (bicyclic) bond motifs is 2. The van der Waals surface area contributed by atoms with E-state index in [-0.39, 0.29) is 23.0 Å². The minimum atomic E-state index is -0.260. The van der Waals surface area contributed by atoms with Gasteiger partial charge in [0.05, 0.1) is 0 Å². The Labute approximate surface area is 114 Å². The third-order valence-electron chi connectivity index (χ3n) is 3.40. The Morgan fingerprint density at radius 1 is 0.950 bits per heavy atom. The molecular formula is C16H9NO3. The zero-order valence-electron chi connectivity index (χ0n) is 10.3. The molecule has 20 heavy (non-hydrogen) atoms. The van der Waals surface area contributed by atoms with Gasteiger partial charge in [0.15, 0.2) is 5.58 Å². The minimum absolute atomic E-state index is 0.0721. The molecule has 1 aliphatic rings. The van der Waals surface area contributed by atoms with Crippen LogP contribution in [0.25, 0.3) is 22.4 Å². The summed E-state index contributed by atoms with van der Waals surface area (Å²) < 4.78 is 5.57. The maximum absolute atomic E-state index is 12.4. The number of aliphatic hydroxyl groups is 1. The molecule has 2 aromatic carbocycles.